The van der Waals surface area contributed by atoms with E-state index >= 15 is 0 Å². The zero-order valence-electron chi connectivity index (χ0n) is 9.96. The van der Waals surface area contributed by atoms with Crippen molar-refractivity contribution in [3.05, 3.63) is 41.0 Å². The predicted molar refractivity (Wildman–Crippen MR) is 61.5 cm³/mol. The second-order valence-corrected chi connectivity index (χ2v) is 3.47. The topological polar surface area (TPSA) is 50.1 Å². The number of hydrogen-bond acceptors (Lipinski definition) is 3. The van der Waals surface area contributed by atoms with Crippen LogP contribution < -0.4 is 0 Å². The van der Waals surface area contributed by atoms with Crippen molar-refractivity contribution in [1.29, 1.82) is 5.26 Å². The number of carbonyl (C=O) groups excluding carboxylic acids is 1. The first-order valence-electron chi connectivity index (χ1n) is 5.24. The van der Waals surface area contributed by atoms with E-state index in [9.17, 15) is 13.6 Å². The van der Waals surface area contributed by atoms with E-state index in [0.29, 0.717) is 0 Å². The lowest BCUT2D eigenvalue weighted by Crippen LogP contribution is -2.06. The lowest BCUT2D eigenvalue weighted by molar-refractivity contribution is -0.140. The van der Waals surface area contributed by atoms with Crippen molar-refractivity contribution in [2.75, 3.05) is 6.61 Å². The number of nitrogens with zero attached hydrogens (tertiary/aromatic N) is 1. The van der Waals surface area contributed by atoms with Crippen LogP contribution >= 0.6 is 0 Å². The van der Waals surface area contributed by atoms with Crippen LogP contribution in [0.1, 0.15) is 25.0 Å². The van der Waals surface area contributed by atoms with E-state index in [-0.39, 0.29) is 23.3 Å². The molecule has 3 nitrogen and oxygen atoms in total. The van der Waals surface area contributed by atoms with Gasteiger partial charge in [-0.1, -0.05) is 6.07 Å². The molecule has 1 aromatic carbocycles. The molecule has 5 heteroatoms. The van der Waals surface area contributed by atoms with E-state index in [2.05, 4.69) is 4.74 Å². The molecule has 0 unspecified atom stereocenters. The Kier molecular flexibility index (Phi) is 4.55. The Labute approximate surface area is 103 Å². The Hall–Kier alpha value is -2.22. The smallest absolute Gasteiger partial charge is 0.367 e. The molecule has 0 atom stereocenters. The molecule has 1 rings (SSSR count). The Balaban J connectivity index is 3.18. The normalized spacial score (nSPS) is 11.5. The van der Waals surface area contributed by atoms with Gasteiger partial charge in [0.15, 0.2) is 0 Å². The Morgan fingerprint density at radius 1 is 1.50 bits per heavy atom. The van der Waals surface area contributed by atoms with E-state index < -0.39 is 17.6 Å². The van der Waals surface area contributed by atoms with Crippen molar-refractivity contribution in [3.8, 4) is 6.07 Å². The molecule has 0 N–H and O–H groups in total. The summed E-state index contributed by atoms with van der Waals surface area (Å²) in [5, 5.41) is 8.67. The van der Waals surface area contributed by atoms with Gasteiger partial charge in [0.05, 0.1) is 12.2 Å². The molecule has 0 aliphatic carbocycles. The quantitative estimate of drug-likeness (QED) is 0.613. The van der Waals surface area contributed by atoms with Crippen molar-refractivity contribution >= 4 is 11.5 Å². The number of esters is 1. The van der Waals surface area contributed by atoms with Crippen molar-refractivity contribution in [1.82, 2.24) is 0 Å². The first-order chi connectivity index (χ1) is 8.51. The van der Waals surface area contributed by atoms with Gasteiger partial charge in [-0.2, -0.15) is 9.65 Å². The van der Waals surface area contributed by atoms with Crippen LogP contribution in [0.2, 0.25) is 0 Å². The monoisotopic (exact) mass is 251 g/mol. The third-order valence-electron chi connectivity index (χ3n) is 2.30. The van der Waals surface area contributed by atoms with Crippen LogP contribution in [-0.4, -0.2) is 12.6 Å². The predicted octanol–water partition coefficient (Wildman–Crippen LogP) is 2.96. The highest BCUT2D eigenvalue weighted by Crippen LogP contribution is 2.22. The summed E-state index contributed by atoms with van der Waals surface area (Å²) in [5.74, 6) is -2.81. The lowest BCUT2D eigenvalue weighted by Gasteiger charge is -2.05. The highest BCUT2D eigenvalue weighted by atomic mass is 19.1. The standard InChI is InChI=1S/C13H11F2NO2/c1-3-18-13(17)12(15)8(2)9-4-5-11(14)10(6-9)7-16/h4-6H,3H2,1-2H3/b12-8-. The van der Waals surface area contributed by atoms with Gasteiger partial charge in [-0.25, -0.2) is 9.18 Å². The molecule has 0 heterocycles. The second-order valence-electron chi connectivity index (χ2n) is 3.47. The molecular weight excluding hydrogens is 240 g/mol. The number of rotatable bonds is 3. The SMILES string of the molecule is CCOC(=O)/C(F)=C(\C)c1ccc(F)c(C#N)c1. The number of ether oxygens (including phenoxy) is 1. The fourth-order valence-corrected chi connectivity index (χ4v) is 1.32. The highest BCUT2D eigenvalue weighted by Gasteiger charge is 2.15. The molecule has 18 heavy (non-hydrogen) atoms. The maximum Gasteiger partial charge on any atom is 0.367 e. The van der Waals surface area contributed by atoms with Gasteiger partial charge < -0.3 is 4.74 Å². The van der Waals surface area contributed by atoms with E-state index in [1.165, 1.54) is 19.1 Å². The summed E-state index contributed by atoms with van der Waals surface area (Å²) >= 11 is 0. The van der Waals surface area contributed by atoms with Crippen LogP contribution in [0.15, 0.2) is 24.0 Å². The summed E-state index contributed by atoms with van der Waals surface area (Å²) in [6.45, 7) is 2.99. The third-order valence-corrected chi connectivity index (χ3v) is 2.30. The van der Waals surface area contributed by atoms with Gasteiger partial charge in [0.1, 0.15) is 11.9 Å². The van der Waals surface area contributed by atoms with Crippen LogP contribution in [0.25, 0.3) is 5.57 Å². The summed E-state index contributed by atoms with van der Waals surface area (Å²) in [4.78, 5) is 11.2. The molecular formula is C13H11F2NO2. The van der Waals surface area contributed by atoms with Gasteiger partial charge >= 0.3 is 5.97 Å². The number of halogens is 2. The maximum absolute atomic E-state index is 13.6. The fourth-order valence-electron chi connectivity index (χ4n) is 1.32. The minimum absolute atomic E-state index is 0.00458. The summed E-state index contributed by atoms with van der Waals surface area (Å²) < 4.78 is 31.2. The molecule has 0 amide bonds. The van der Waals surface area contributed by atoms with Gasteiger partial charge in [0.25, 0.3) is 0 Å². The van der Waals surface area contributed by atoms with Crippen molar-refractivity contribution in [2.45, 2.75) is 13.8 Å². The Bertz CT molecular complexity index is 544. The first-order valence-corrected chi connectivity index (χ1v) is 5.24. The van der Waals surface area contributed by atoms with Crippen LogP contribution in [0.5, 0.6) is 0 Å². The number of hydrogen-bond donors (Lipinski definition) is 0. The second kappa shape index (κ2) is 5.92. The average molecular weight is 251 g/mol. The van der Waals surface area contributed by atoms with E-state index in [4.69, 9.17) is 5.26 Å². The number of nitriles is 1. The summed E-state index contributed by atoms with van der Waals surface area (Å²) in [6, 6.07) is 5.18. The molecule has 1 aromatic rings. The highest BCUT2D eigenvalue weighted by molar-refractivity contribution is 5.94. The molecule has 0 aromatic heterocycles. The molecule has 0 bridgehead atoms. The Morgan fingerprint density at radius 3 is 2.72 bits per heavy atom. The maximum atomic E-state index is 13.6. The number of allylic oxidation sites excluding steroid dienone is 1. The molecule has 0 spiro atoms. The molecule has 0 saturated heterocycles. The van der Waals surface area contributed by atoms with Crippen molar-refractivity contribution in [3.63, 3.8) is 0 Å². The van der Waals surface area contributed by atoms with Crippen LogP contribution in [0, 0.1) is 17.1 Å². The molecule has 0 radical (unpaired) electrons. The van der Waals surface area contributed by atoms with Gasteiger partial charge in [0, 0.05) is 0 Å². The molecule has 0 aliphatic rings. The summed E-state index contributed by atoms with van der Waals surface area (Å²) in [6.07, 6.45) is 0. The van der Waals surface area contributed by atoms with Crippen LogP contribution in [0.3, 0.4) is 0 Å². The van der Waals surface area contributed by atoms with Gasteiger partial charge in [-0.05, 0) is 37.1 Å². The van der Waals surface area contributed by atoms with E-state index in [1.807, 2.05) is 0 Å². The van der Waals surface area contributed by atoms with Crippen molar-refractivity contribution in [2.24, 2.45) is 0 Å². The van der Waals surface area contributed by atoms with Gasteiger partial charge in [-0.15, -0.1) is 0 Å². The number of benzene rings is 1. The van der Waals surface area contributed by atoms with E-state index in [0.717, 1.165) is 6.07 Å². The average Bonchev–Trinajstić information content (AvgIpc) is 2.38. The van der Waals surface area contributed by atoms with Crippen LogP contribution in [0.4, 0.5) is 8.78 Å². The fraction of sp³-hybridized carbons (Fsp3) is 0.231. The number of carbonyl (C=O) groups is 1. The molecule has 94 valence electrons. The van der Waals surface area contributed by atoms with Gasteiger partial charge in [0.2, 0.25) is 5.83 Å². The lowest BCUT2D eigenvalue weighted by atomic mass is 10.0. The Morgan fingerprint density at radius 2 is 2.17 bits per heavy atom. The molecule has 0 saturated carbocycles. The zero-order chi connectivity index (χ0) is 13.7. The molecule has 0 aliphatic heterocycles. The third kappa shape index (κ3) is 2.92. The van der Waals surface area contributed by atoms with E-state index in [1.54, 1.807) is 13.0 Å². The zero-order valence-corrected chi connectivity index (χ0v) is 9.96. The van der Waals surface area contributed by atoms with Crippen LogP contribution in [-0.2, 0) is 9.53 Å². The van der Waals surface area contributed by atoms with Crippen molar-refractivity contribution < 1.29 is 18.3 Å². The summed E-state index contributed by atoms with van der Waals surface area (Å²) in [7, 11) is 0. The summed E-state index contributed by atoms with van der Waals surface area (Å²) in [5.41, 5.74) is 0.0620. The largest absolute Gasteiger partial charge is 0.461 e. The first kappa shape index (κ1) is 13.8. The minimum Gasteiger partial charge on any atom is -0.461 e. The minimum atomic E-state index is -1.07. The van der Waals surface area contributed by atoms with Gasteiger partial charge in [-0.3, -0.25) is 0 Å². The molecule has 0 fully saturated rings.